The van der Waals surface area contributed by atoms with Crippen molar-refractivity contribution < 1.29 is 13.2 Å². The summed E-state index contributed by atoms with van der Waals surface area (Å²) in [6.07, 6.45) is 1.84. The van der Waals surface area contributed by atoms with E-state index in [-0.39, 0.29) is 10.8 Å². The summed E-state index contributed by atoms with van der Waals surface area (Å²) < 4.78 is 28.4. The van der Waals surface area contributed by atoms with Crippen LogP contribution in [0.4, 0.5) is 5.69 Å². The van der Waals surface area contributed by atoms with Crippen molar-refractivity contribution in [1.29, 1.82) is 0 Å². The quantitative estimate of drug-likeness (QED) is 0.725. The molecule has 0 aliphatic carbocycles. The molecular weight excluding hydrogens is 440 g/mol. The largest absolute Gasteiger partial charge is 0.312 e. The second kappa shape index (κ2) is 7.97. The maximum absolute atomic E-state index is 12.7. The van der Waals surface area contributed by atoms with Gasteiger partial charge in [-0.25, -0.2) is 13.1 Å². The van der Waals surface area contributed by atoms with Gasteiger partial charge in [-0.15, -0.1) is 0 Å². The number of sulfonamides is 1. The Balaban J connectivity index is 1.62. The lowest BCUT2D eigenvalue weighted by atomic mass is 10.1. The van der Waals surface area contributed by atoms with E-state index in [9.17, 15) is 13.2 Å². The van der Waals surface area contributed by atoms with Crippen LogP contribution in [0.15, 0.2) is 51.8 Å². The Labute approximate surface area is 175 Å². The predicted molar refractivity (Wildman–Crippen MR) is 115 cm³/mol. The van der Waals surface area contributed by atoms with E-state index in [2.05, 4.69) is 26.7 Å². The first kappa shape index (κ1) is 21.0. The molecule has 0 aromatic heterocycles. The van der Waals surface area contributed by atoms with Crippen LogP contribution in [0.2, 0.25) is 0 Å². The maximum atomic E-state index is 12.7. The second-order valence-corrected chi connectivity index (χ2v) is 10.7. The summed E-state index contributed by atoms with van der Waals surface area (Å²) in [7, 11) is -3.55. The summed E-state index contributed by atoms with van der Waals surface area (Å²) in [4.78, 5) is 14.7. The van der Waals surface area contributed by atoms with Crippen molar-refractivity contribution in [2.24, 2.45) is 0 Å². The zero-order valence-electron chi connectivity index (χ0n) is 16.3. The molecule has 7 heteroatoms. The van der Waals surface area contributed by atoms with Crippen LogP contribution in [0, 0.1) is 0 Å². The van der Waals surface area contributed by atoms with Gasteiger partial charge in [-0.2, -0.15) is 0 Å². The number of fused-ring (bicyclic) bond motifs is 1. The molecule has 1 amide bonds. The lowest BCUT2D eigenvalue weighted by molar-refractivity contribution is -0.118. The smallest absolute Gasteiger partial charge is 0.241 e. The molecule has 0 radical (unpaired) electrons. The van der Waals surface area contributed by atoms with E-state index < -0.39 is 15.6 Å². The summed E-state index contributed by atoms with van der Waals surface area (Å²) >= 11 is 3.47. The van der Waals surface area contributed by atoms with Crippen LogP contribution in [0.5, 0.6) is 0 Å². The number of nitrogens with one attached hydrogen (secondary N) is 1. The molecule has 2 aromatic carbocycles. The van der Waals surface area contributed by atoms with Crippen molar-refractivity contribution in [3.8, 4) is 0 Å². The second-order valence-electron chi connectivity index (χ2n) is 8.07. The molecule has 0 saturated carbocycles. The Morgan fingerprint density at radius 2 is 1.82 bits per heavy atom. The molecule has 1 heterocycles. The average molecular weight is 465 g/mol. The Morgan fingerprint density at radius 1 is 1.14 bits per heavy atom. The van der Waals surface area contributed by atoms with Gasteiger partial charge in [0, 0.05) is 28.7 Å². The Kier molecular flexibility index (Phi) is 5.98. The molecule has 5 nitrogen and oxygen atoms in total. The van der Waals surface area contributed by atoms with Crippen LogP contribution in [-0.2, 0) is 27.7 Å². The number of halogens is 1. The van der Waals surface area contributed by atoms with Crippen LogP contribution >= 0.6 is 15.9 Å². The number of rotatable bonds is 5. The van der Waals surface area contributed by atoms with Crippen molar-refractivity contribution in [1.82, 2.24) is 4.72 Å². The third-order valence-electron chi connectivity index (χ3n) is 4.54. The van der Waals surface area contributed by atoms with Gasteiger partial charge in [0.05, 0.1) is 4.90 Å². The number of aryl methyl sites for hydroxylation is 1. The first-order chi connectivity index (χ1) is 13.0. The summed E-state index contributed by atoms with van der Waals surface area (Å²) in [5, 5.41) is 0. The molecule has 28 heavy (non-hydrogen) atoms. The molecule has 1 aliphatic rings. The van der Waals surface area contributed by atoms with Gasteiger partial charge < -0.3 is 4.90 Å². The van der Waals surface area contributed by atoms with Gasteiger partial charge in [0.2, 0.25) is 15.9 Å². The summed E-state index contributed by atoms with van der Waals surface area (Å²) in [5.74, 6) is 0.0900. The fraction of sp³-hybridized carbons (Fsp3) is 0.381. The standard InChI is InChI=1S/C21H25BrN2O3S/c1-21(2,3)23-28(26,27)18-8-4-15(5-9-18)6-11-20(25)24-13-12-16-14-17(22)7-10-19(16)24/h4-5,7-10,14,23H,6,11-13H2,1-3H3. The van der Waals surface area contributed by atoms with E-state index in [1.807, 2.05) is 17.0 Å². The fourth-order valence-corrected chi connectivity index (χ4v) is 5.14. The highest BCUT2D eigenvalue weighted by molar-refractivity contribution is 9.10. The molecule has 0 spiro atoms. The van der Waals surface area contributed by atoms with E-state index in [4.69, 9.17) is 0 Å². The van der Waals surface area contributed by atoms with Crippen LogP contribution in [0.1, 0.15) is 38.3 Å². The molecule has 150 valence electrons. The molecule has 1 aliphatic heterocycles. The SMILES string of the molecule is CC(C)(C)NS(=O)(=O)c1ccc(CCC(=O)N2CCc3cc(Br)ccc32)cc1. The highest BCUT2D eigenvalue weighted by Gasteiger charge is 2.25. The minimum absolute atomic E-state index is 0.0900. The average Bonchev–Trinajstić information content (AvgIpc) is 3.01. The van der Waals surface area contributed by atoms with Crippen molar-refractivity contribution >= 4 is 37.5 Å². The van der Waals surface area contributed by atoms with Crippen molar-refractivity contribution in [3.63, 3.8) is 0 Å². The molecule has 0 unspecified atom stereocenters. The fourth-order valence-electron chi connectivity index (χ4n) is 3.31. The lowest BCUT2D eigenvalue weighted by Crippen LogP contribution is -2.40. The van der Waals surface area contributed by atoms with Crippen LogP contribution in [-0.4, -0.2) is 26.4 Å². The highest BCUT2D eigenvalue weighted by atomic mass is 79.9. The van der Waals surface area contributed by atoms with E-state index in [0.717, 1.165) is 22.1 Å². The minimum atomic E-state index is -3.55. The number of carbonyl (C=O) groups excluding carboxylic acids is 1. The highest BCUT2D eigenvalue weighted by Crippen LogP contribution is 2.31. The first-order valence-corrected chi connectivity index (χ1v) is 11.5. The molecule has 0 atom stereocenters. The minimum Gasteiger partial charge on any atom is -0.312 e. The van der Waals surface area contributed by atoms with E-state index in [0.29, 0.717) is 19.4 Å². The topological polar surface area (TPSA) is 66.5 Å². The van der Waals surface area contributed by atoms with Crippen LogP contribution < -0.4 is 9.62 Å². The van der Waals surface area contributed by atoms with Gasteiger partial charge in [0.25, 0.3) is 0 Å². The molecule has 3 rings (SSSR count). The normalized spacial score (nSPS) is 14.2. The third-order valence-corrected chi connectivity index (χ3v) is 6.81. The third kappa shape index (κ3) is 5.01. The monoisotopic (exact) mass is 464 g/mol. The number of hydrogen-bond acceptors (Lipinski definition) is 3. The predicted octanol–water partition coefficient (Wildman–Crippen LogP) is 4.05. The van der Waals surface area contributed by atoms with Crippen LogP contribution in [0.3, 0.4) is 0 Å². The number of amides is 1. The van der Waals surface area contributed by atoms with E-state index in [1.165, 1.54) is 5.56 Å². The number of anilines is 1. The Bertz CT molecular complexity index is 980. The summed E-state index contributed by atoms with van der Waals surface area (Å²) in [5.41, 5.74) is 2.58. The first-order valence-electron chi connectivity index (χ1n) is 9.27. The lowest BCUT2D eigenvalue weighted by Gasteiger charge is -2.20. The Morgan fingerprint density at radius 3 is 2.46 bits per heavy atom. The number of benzene rings is 2. The van der Waals surface area contributed by atoms with Crippen LogP contribution in [0.25, 0.3) is 0 Å². The van der Waals surface area contributed by atoms with Gasteiger partial charge in [0.1, 0.15) is 0 Å². The molecule has 0 bridgehead atoms. The summed E-state index contributed by atoms with van der Waals surface area (Å²) in [6, 6.07) is 12.7. The molecule has 1 N–H and O–H groups in total. The summed E-state index contributed by atoms with van der Waals surface area (Å²) in [6.45, 7) is 6.12. The molecular formula is C21H25BrN2O3S. The van der Waals surface area contributed by atoms with Gasteiger partial charge in [-0.3, -0.25) is 4.79 Å². The zero-order valence-corrected chi connectivity index (χ0v) is 18.7. The van der Waals surface area contributed by atoms with Crippen molar-refractivity contribution in [2.45, 2.75) is 50.5 Å². The van der Waals surface area contributed by atoms with Crippen molar-refractivity contribution in [3.05, 3.63) is 58.1 Å². The maximum Gasteiger partial charge on any atom is 0.241 e. The van der Waals surface area contributed by atoms with Gasteiger partial charge >= 0.3 is 0 Å². The van der Waals surface area contributed by atoms with E-state index >= 15 is 0 Å². The van der Waals surface area contributed by atoms with Crippen molar-refractivity contribution in [2.75, 3.05) is 11.4 Å². The Hall–Kier alpha value is -1.70. The van der Waals surface area contributed by atoms with Gasteiger partial charge in [-0.05, 0) is 75.1 Å². The number of carbonyl (C=O) groups is 1. The number of hydrogen-bond donors (Lipinski definition) is 1. The number of nitrogens with zero attached hydrogens (tertiary/aromatic N) is 1. The van der Waals surface area contributed by atoms with Gasteiger partial charge in [0.15, 0.2) is 0 Å². The zero-order chi connectivity index (χ0) is 20.5. The molecule has 0 saturated heterocycles. The van der Waals surface area contributed by atoms with E-state index in [1.54, 1.807) is 45.0 Å². The van der Waals surface area contributed by atoms with Gasteiger partial charge in [-0.1, -0.05) is 28.1 Å². The molecule has 2 aromatic rings. The molecule has 0 fully saturated rings.